The summed E-state index contributed by atoms with van der Waals surface area (Å²) in [5, 5.41) is 11.2. The Labute approximate surface area is 306 Å². The van der Waals surface area contributed by atoms with Gasteiger partial charge in [-0.3, -0.25) is 19.5 Å². The van der Waals surface area contributed by atoms with Gasteiger partial charge in [0.1, 0.15) is 6.61 Å². The minimum Gasteiger partial charge on any atom is -0.493 e. The SMILES string of the molecule is CCOC(=O)C1=C(c2ccccc2)N=c2s/c(=C\c3cc(Cl)c(OCc4ccc([N+](=O)[O-])cc4)c(OC)c3)c(=O)n2[C@@H]1c1ccc(OC)c(OC)c1. The van der Waals surface area contributed by atoms with Gasteiger partial charge in [-0.2, -0.15) is 0 Å². The van der Waals surface area contributed by atoms with Crippen LogP contribution in [0.15, 0.2) is 100 Å². The van der Waals surface area contributed by atoms with Gasteiger partial charge in [-0.1, -0.05) is 59.3 Å². The number of nitro benzene ring substituents is 1. The minimum absolute atomic E-state index is 0.0301. The number of methoxy groups -OCH3 is 3. The van der Waals surface area contributed by atoms with Gasteiger partial charge in [0.25, 0.3) is 11.2 Å². The van der Waals surface area contributed by atoms with Crippen LogP contribution in [-0.2, 0) is 16.1 Å². The predicted molar refractivity (Wildman–Crippen MR) is 196 cm³/mol. The molecule has 1 atom stereocenters. The Morgan fingerprint density at radius 3 is 2.33 bits per heavy atom. The number of halogens is 1. The highest BCUT2D eigenvalue weighted by Crippen LogP contribution is 2.39. The second-order valence-electron chi connectivity index (χ2n) is 11.3. The summed E-state index contributed by atoms with van der Waals surface area (Å²) in [7, 11) is 4.50. The smallest absolute Gasteiger partial charge is 0.338 e. The molecule has 0 saturated heterocycles. The van der Waals surface area contributed by atoms with Gasteiger partial charge in [0.05, 0.1) is 59.7 Å². The van der Waals surface area contributed by atoms with Gasteiger partial charge in [-0.05, 0) is 66.1 Å². The van der Waals surface area contributed by atoms with Crippen molar-refractivity contribution in [2.75, 3.05) is 27.9 Å². The first-order chi connectivity index (χ1) is 25.2. The van der Waals surface area contributed by atoms with Crippen LogP contribution >= 0.6 is 22.9 Å². The fourth-order valence-electron chi connectivity index (χ4n) is 5.76. The Balaban J connectivity index is 1.48. The second kappa shape index (κ2) is 15.5. The van der Waals surface area contributed by atoms with Crippen molar-refractivity contribution in [1.82, 2.24) is 4.57 Å². The number of thiazole rings is 1. The highest BCUT2D eigenvalue weighted by molar-refractivity contribution is 7.07. The third-order valence-corrected chi connectivity index (χ3v) is 9.44. The first-order valence-electron chi connectivity index (χ1n) is 15.9. The van der Waals surface area contributed by atoms with Crippen LogP contribution in [0.4, 0.5) is 5.69 Å². The number of esters is 1. The molecule has 266 valence electrons. The van der Waals surface area contributed by atoms with Crippen LogP contribution in [-0.4, -0.2) is 43.4 Å². The Hall–Kier alpha value is -5.92. The summed E-state index contributed by atoms with van der Waals surface area (Å²) in [4.78, 5) is 44.0. The van der Waals surface area contributed by atoms with Crippen LogP contribution in [0.3, 0.4) is 0 Å². The van der Waals surface area contributed by atoms with E-state index in [1.165, 1.54) is 38.0 Å². The fourth-order valence-corrected chi connectivity index (χ4v) is 7.04. The normalized spacial score (nSPS) is 13.9. The molecule has 0 unspecified atom stereocenters. The lowest BCUT2D eigenvalue weighted by Gasteiger charge is -2.26. The van der Waals surface area contributed by atoms with Crippen molar-refractivity contribution in [3.63, 3.8) is 0 Å². The lowest BCUT2D eigenvalue weighted by Crippen LogP contribution is -2.40. The molecule has 0 fully saturated rings. The molecule has 5 aromatic rings. The number of non-ortho nitro benzene ring substituents is 1. The van der Waals surface area contributed by atoms with Gasteiger partial charge in [0.15, 0.2) is 27.8 Å². The topological polar surface area (TPSA) is 141 Å². The summed E-state index contributed by atoms with van der Waals surface area (Å²) in [5.74, 6) is 0.865. The van der Waals surface area contributed by atoms with Crippen molar-refractivity contribution >= 4 is 46.4 Å². The largest absolute Gasteiger partial charge is 0.493 e. The first-order valence-corrected chi connectivity index (χ1v) is 17.1. The number of nitrogens with zero attached hydrogens (tertiary/aromatic N) is 3. The van der Waals surface area contributed by atoms with Crippen LogP contribution in [0, 0.1) is 10.1 Å². The monoisotopic (exact) mass is 741 g/mol. The summed E-state index contributed by atoms with van der Waals surface area (Å²) in [6.45, 7) is 1.91. The maximum absolute atomic E-state index is 14.4. The molecule has 0 amide bonds. The van der Waals surface area contributed by atoms with E-state index >= 15 is 0 Å². The van der Waals surface area contributed by atoms with E-state index in [0.717, 1.165) is 11.3 Å². The number of rotatable bonds is 12. The molecular weight excluding hydrogens is 710 g/mol. The lowest BCUT2D eigenvalue weighted by atomic mass is 9.93. The molecular formula is C38H32ClN3O9S. The first kappa shape index (κ1) is 35.9. The Bertz CT molecular complexity index is 2370. The predicted octanol–water partition coefficient (Wildman–Crippen LogP) is 6.10. The van der Waals surface area contributed by atoms with Gasteiger partial charge in [0, 0.05) is 17.7 Å². The van der Waals surface area contributed by atoms with Gasteiger partial charge in [-0.15, -0.1) is 0 Å². The Kier molecular flexibility index (Phi) is 10.7. The molecule has 0 N–H and O–H groups in total. The molecule has 4 aromatic carbocycles. The number of hydrogen-bond acceptors (Lipinski definition) is 11. The van der Waals surface area contributed by atoms with E-state index < -0.39 is 22.5 Å². The number of aromatic nitrogens is 1. The quantitative estimate of drug-likeness (QED) is 0.0843. The van der Waals surface area contributed by atoms with Gasteiger partial charge in [-0.25, -0.2) is 9.79 Å². The van der Waals surface area contributed by atoms with E-state index in [2.05, 4.69) is 0 Å². The molecule has 0 saturated carbocycles. The van der Waals surface area contributed by atoms with Gasteiger partial charge in [0.2, 0.25) is 0 Å². The van der Waals surface area contributed by atoms with Crippen LogP contribution in [0.5, 0.6) is 23.0 Å². The summed E-state index contributed by atoms with van der Waals surface area (Å²) in [5.41, 5.74) is 2.64. The third kappa shape index (κ3) is 7.13. The molecule has 14 heteroatoms. The summed E-state index contributed by atoms with van der Waals surface area (Å²) in [6, 6.07) is 22.8. The van der Waals surface area contributed by atoms with E-state index in [1.807, 2.05) is 30.3 Å². The number of hydrogen-bond donors (Lipinski definition) is 0. The van der Waals surface area contributed by atoms with Crippen molar-refractivity contribution in [1.29, 1.82) is 0 Å². The number of carbonyl (C=O) groups is 1. The molecule has 1 aliphatic rings. The number of carbonyl (C=O) groups excluding carboxylic acids is 1. The zero-order chi connectivity index (χ0) is 36.9. The summed E-state index contributed by atoms with van der Waals surface area (Å²) in [6.07, 6.45) is 1.67. The minimum atomic E-state index is -0.930. The molecule has 0 radical (unpaired) electrons. The van der Waals surface area contributed by atoms with E-state index in [0.29, 0.717) is 54.5 Å². The zero-order valence-corrected chi connectivity index (χ0v) is 30.0. The molecule has 1 aliphatic heterocycles. The molecule has 0 bridgehead atoms. The van der Waals surface area contributed by atoms with Crippen molar-refractivity contribution in [2.45, 2.75) is 19.6 Å². The zero-order valence-electron chi connectivity index (χ0n) is 28.5. The van der Waals surface area contributed by atoms with Crippen LogP contribution in [0.2, 0.25) is 5.02 Å². The van der Waals surface area contributed by atoms with Gasteiger partial charge >= 0.3 is 5.97 Å². The highest BCUT2D eigenvalue weighted by Gasteiger charge is 2.35. The lowest BCUT2D eigenvalue weighted by molar-refractivity contribution is -0.384. The van der Waals surface area contributed by atoms with E-state index in [9.17, 15) is 19.7 Å². The number of nitro groups is 1. The second-order valence-corrected chi connectivity index (χ2v) is 12.7. The van der Waals surface area contributed by atoms with Crippen LogP contribution in [0.1, 0.15) is 35.2 Å². The van der Waals surface area contributed by atoms with Gasteiger partial charge < -0.3 is 23.7 Å². The molecule has 0 aliphatic carbocycles. The third-order valence-electron chi connectivity index (χ3n) is 8.18. The van der Waals surface area contributed by atoms with Crippen molar-refractivity contribution in [2.24, 2.45) is 4.99 Å². The van der Waals surface area contributed by atoms with Crippen molar-refractivity contribution in [3.8, 4) is 23.0 Å². The fraction of sp³-hybridized carbons (Fsp3) is 0.184. The molecule has 0 spiro atoms. The number of fused-ring (bicyclic) bond motifs is 1. The summed E-state index contributed by atoms with van der Waals surface area (Å²) >= 11 is 7.84. The highest BCUT2D eigenvalue weighted by atomic mass is 35.5. The number of benzene rings is 4. The Morgan fingerprint density at radius 1 is 0.962 bits per heavy atom. The maximum Gasteiger partial charge on any atom is 0.338 e. The summed E-state index contributed by atoms with van der Waals surface area (Å²) < 4.78 is 30.0. The average Bonchev–Trinajstić information content (AvgIpc) is 3.47. The molecule has 2 heterocycles. The number of ether oxygens (including phenoxy) is 5. The maximum atomic E-state index is 14.4. The molecule has 6 rings (SSSR count). The van der Waals surface area contributed by atoms with Crippen LogP contribution < -0.4 is 33.8 Å². The average molecular weight is 742 g/mol. The van der Waals surface area contributed by atoms with E-state index in [4.69, 9.17) is 40.3 Å². The standard InChI is InChI=1S/C38H32ClN3O9S/c1-5-50-37(44)32-33(24-9-7-6-8-10-24)40-38-41(34(32)25-13-16-28(47-2)29(20-25)48-3)36(43)31(52-38)19-23-17-27(39)35(30(18-23)49-4)51-21-22-11-14-26(15-12-22)42(45)46/h6-20,34H,5,21H2,1-4H3/b31-19-/t34-/m1/s1. The van der Waals surface area contributed by atoms with E-state index in [1.54, 1.807) is 55.5 Å². The molecule has 12 nitrogen and oxygen atoms in total. The Morgan fingerprint density at radius 2 is 1.67 bits per heavy atom. The van der Waals surface area contributed by atoms with Crippen LogP contribution in [0.25, 0.3) is 11.8 Å². The van der Waals surface area contributed by atoms with Crippen molar-refractivity contribution in [3.05, 3.63) is 148 Å². The molecule has 1 aromatic heterocycles. The van der Waals surface area contributed by atoms with E-state index in [-0.39, 0.29) is 35.2 Å². The van der Waals surface area contributed by atoms with Crippen molar-refractivity contribution < 1.29 is 33.4 Å². The molecule has 52 heavy (non-hydrogen) atoms.